The number of anilines is 1. The fourth-order valence-electron chi connectivity index (χ4n) is 2.80. The van der Waals surface area contributed by atoms with Crippen LogP contribution >= 0.6 is 0 Å². The summed E-state index contributed by atoms with van der Waals surface area (Å²) in [4.78, 5) is 26.2. The Bertz CT molecular complexity index is 517. The Kier molecular flexibility index (Phi) is 2.69. The summed E-state index contributed by atoms with van der Waals surface area (Å²) in [6.07, 6.45) is 3.62. The number of hydrogen-bond donors (Lipinski definition) is 0. The molecule has 1 heterocycles. The lowest BCUT2D eigenvalue weighted by Gasteiger charge is -2.35. The third-order valence-electron chi connectivity index (χ3n) is 4.09. The van der Waals surface area contributed by atoms with E-state index in [4.69, 9.17) is 0 Å². The zero-order valence-corrected chi connectivity index (χ0v) is 10.6. The Balaban J connectivity index is 2.01. The van der Waals surface area contributed by atoms with Crippen LogP contribution in [0.1, 0.15) is 41.6 Å². The molecule has 0 bridgehead atoms. The lowest BCUT2D eigenvalue weighted by molar-refractivity contribution is -0.124. The van der Waals surface area contributed by atoms with Gasteiger partial charge in [0.2, 0.25) is 5.91 Å². The second-order valence-corrected chi connectivity index (χ2v) is 5.26. The first-order chi connectivity index (χ1) is 8.68. The molecule has 0 unspecified atom stereocenters. The number of Topliss-reactive ketones (excluding diaryl/α,β-unsaturated/α-hetero) is 1. The van der Waals surface area contributed by atoms with Gasteiger partial charge in [-0.15, -0.1) is 0 Å². The van der Waals surface area contributed by atoms with E-state index >= 15 is 0 Å². The van der Waals surface area contributed by atoms with Crippen molar-refractivity contribution in [3.8, 4) is 0 Å². The van der Waals surface area contributed by atoms with E-state index in [1.165, 1.54) is 0 Å². The second kappa shape index (κ2) is 4.23. The molecule has 3 heteroatoms. The van der Waals surface area contributed by atoms with Crippen LogP contribution in [-0.4, -0.2) is 18.2 Å². The van der Waals surface area contributed by atoms with Gasteiger partial charge in [-0.2, -0.15) is 0 Å². The topological polar surface area (TPSA) is 37.4 Å². The molecule has 0 radical (unpaired) electrons. The highest BCUT2D eigenvalue weighted by molar-refractivity contribution is 6.10. The zero-order valence-electron chi connectivity index (χ0n) is 10.6. The van der Waals surface area contributed by atoms with Gasteiger partial charge >= 0.3 is 0 Å². The summed E-state index contributed by atoms with van der Waals surface area (Å²) < 4.78 is 0. The molecule has 1 aromatic rings. The van der Waals surface area contributed by atoms with Gasteiger partial charge in [0.25, 0.3) is 0 Å². The van der Waals surface area contributed by atoms with Gasteiger partial charge in [0.05, 0.1) is 5.69 Å². The third-order valence-corrected chi connectivity index (χ3v) is 4.09. The van der Waals surface area contributed by atoms with E-state index in [-0.39, 0.29) is 17.6 Å². The maximum absolute atomic E-state index is 12.4. The molecule has 3 nitrogen and oxygen atoms in total. The standard InChI is InChI=1S/C15H17NO2/c1-10-4-2-7-12-13(17)8-9-16(14(10)12)15(18)11-5-3-6-11/h2,4,7,11H,3,5-6,8-9H2,1H3. The van der Waals surface area contributed by atoms with Crippen LogP contribution in [0, 0.1) is 12.8 Å². The van der Waals surface area contributed by atoms with Crippen LogP contribution in [0.3, 0.4) is 0 Å². The first-order valence-electron chi connectivity index (χ1n) is 6.62. The Hall–Kier alpha value is -1.64. The predicted molar refractivity (Wildman–Crippen MR) is 69.8 cm³/mol. The minimum Gasteiger partial charge on any atom is -0.311 e. The number of ketones is 1. The van der Waals surface area contributed by atoms with Crippen molar-refractivity contribution in [3.63, 3.8) is 0 Å². The van der Waals surface area contributed by atoms with E-state index in [9.17, 15) is 9.59 Å². The Morgan fingerprint density at radius 2 is 2.11 bits per heavy atom. The third kappa shape index (κ3) is 1.65. The van der Waals surface area contributed by atoms with Crippen molar-refractivity contribution in [2.75, 3.05) is 11.4 Å². The highest BCUT2D eigenvalue weighted by Crippen LogP contribution is 2.35. The summed E-state index contributed by atoms with van der Waals surface area (Å²) in [6.45, 7) is 2.52. The van der Waals surface area contributed by atoms with Gasteiger partial charge in [-0.3, -0.25) is 9.59 Å². The highest BCUT2D eigenvalue weighted by Gasteiger charge is 2.34. The highest BCUT2D eigenvalue weighted by atomic mass is 16.2. The number of para-hydroxylation sites is 1. The van der Waals surface area contributed by atoms with Crippen LogP contribution in [0.2, 0.25) is 0 Å². The molecule has 0 aromatic heterocycles. The molecule has 2 aliphatic rings. The first-order valence-corrected chi connectivity index (χ1v) is 6.62. The van der Waals surface area contributed by atoms with Crippen LogP contribution in [0.4, 0.5) is 5.69 Å². The van der Waals surface area contributed by atoms with E-state index in [1.807, 2.05) is 30.0 Å². The molecule has 94 valence electrons. The van der Waals surface area contributed by atoms with Gasteiger partial charge in [-0.25, -0.2) is 0 Å². The maximum Gasteiger partial charge on any atom is 0.230 e. The van der Waals surface area contributed by atoms with Crippen molar-refractivity contribution in [3.05, 3.63) is 29.3 Å². The lowest BCUT2D eigenvalue weighted by atomic mass is 9.83. The van der Waals surface area contributed by atoms with Gasteiger partial charge in [0.1, 0.15) is 0 Å². The second-order valence-electron chi connectivity index (χ2n) is 5.26. The fraction of sp³-hybridized carbons (Fsp3) is 0.467. The van der Waals surface area contributed by atoms with Crippen molar-refractivity contribution in [1.29, 1.82) is 0 Å². The van der Waals surface area contributed by atoms with E-state index in [0.717, 1.165) is 30.5 Å². The minimum atomic E-state index is 0.159. The summed E-state index contributed by atoms with van der Waals surface area (Å²) in [5.74, 6) is 0.557. The average molecular weight is 243 g/mol. The van der Waals surface area contributed by atoms with E-state index in [1.54, 1.807) is 0 Å². The molecular weight excluding hydrogens is 226 g/mol. The molecule has 18 heavy (non-hydrogen) atoms. The van der Waals surface area contributed by atoms with Crippen LogP contribution in [-0.2, 0) is 4.79 Å². The van der Waals surface area contributed by atoms with Crippen molar-refractivity contribution in [1.82, 2.24) is 0 Å². The van der Waals surface area contributed by atoms with Gasteiger partial charge in [-0.1, -0.05) is 18.6 Å². The van der Waals surface area contributed by atoms with Crippen molar-refractivity contribution in [2.45, 2.75) is 32.6 Å². The summed E-state index contributed by atoms with van der Waals surface area (Å²) in [5, 5.41) is 0. The van der Waals surface area contributed by atoms with E-state index < -0.39 is 0 Å². The molecule has 1 saturated carbocycles. The van der Waals surface area contributed by atoms with Crippen LogP contribution in [0.25, 0.3) is 0 Å². The summed E-state index contributed by atoms with van der Waals surface area (Å²) in [6, 6.07) is 5.70. The molecular formula is C15H17NO2. The smallest absolute Gasteiger partial charge is 0.230 e. The number of benzene rings is 1. The van der Waals surface area contributed by atoms with Crippen molar-refractivity contribution < 1.29 is 9.59 Å². The predicted octanol–water partition coefficient (Wildman–Crippen LogP) is 2.71. The largest absolute Gasteiger partial charge is 0.311 e. The normalized spacial score (nSPS) is 19.4. The fourth-order valence-corrected chi connectivity index (χ4v) is 2.80. The van der Waals surface area contributed by atoms with Gasteiger partial charge in [0, 0.05) is 24.4 Å². The number of fused-ring (bicyclic) bond motifs is 1. The number of carbonyl (C=O) groups is 2. The Labute approximate surface area is 107 Å². The van der Waals surface area contributed by atoms with Gasteiger partial charge in [0.15, 0.2) is 5.78 Å². The number of nitrogens with zero attached hydrogens (tertiary/aromatic N) is 1. The molecule has 0 N–H and O–H groups in total. The molecule has 1 fully saturated rings. The molecule has 0 saturated heterocycles. The van der Waals surface area contributed by atoms with Crippen molar-refractivity contribution in [2.24, 2.45) is 5.92 Å². The quantitative estimate of drug-likeness (QED) is 0.760. The summed E-state index contributed by atoms with van der Waals surface area (Å²) >= 11 is 0. The number of carbonyl (C=O) groups excluding carboxylic acids is 2. The molecule has 0 spiro atoms. The van der Waals surface area contributed by atoms with E-state index in [0.29, 0.717) is 18.5 Å². The molecule has 1 amide bonds. The first kappa shape index (κ1) is 11.5. The van der Waals surface area contributed by atoms with E-state index in [2.05, 4.69) is 0 Å². The maximum atomic E-state index is 12.4. The van der Waals surface area contributed by atoms with Gasteiger partial charge in [-0.05, 0) is 31.4 Å². The van der Waals surface area contributed by atoms with Gasteiger partial charge < -0.3 is 4.90 Å². The number of rotatable bonds is 1. The SMILES string of the molecule is Cc1cccc2c1N(C(=O)C1CCC1)CCC2=O. The molecule has 1 aliphatic heterocycles. The lowest BCUT2D eigenvalue weighted by Crippen LogP contribution is -2.43. The molecule has 0 atom stereocenters. The number of aryl methyl sites for hydroxylation is 1. The monoisotopic (exact) mass is 243 g/mol. The average Bonchev–Trinajstić information content (AvgIpc) is 2.28. The zero-order chi connectivity index (χ0) is 12.7. The molecule has 1 aromatic carbocycles. The number of hydrogen-bond acceptors (Lipinski definition) is 2. The van der Waals surface area contributed by atoms with Crippen LogP contribution < -0.4 is 4.90 Å². The Morgan fingerprint density at radius 1 is 1.33 bits per heavy atom. The summed E-state index contributed by atoms with van der Waals surface area (Å²) in [7, 11) is 0. The molecule has 3 rings (SSSR count). The summed E-state index contributed by atoms with van der Waals surface area (Å²) in [5.41, 5.74) is 2.59. The van der Waals surface area contributed by atoms with Crippen LogP contribution in [0.5, 0.6) is 0 Å². The molecule has 1 aliphatic carbocycles. The number of amides is 1. The minimum absolute atomic E-state index is 0.159. The van der Waals surface area contributed by atoms with Crippen molar-refractivity contribution >= 4 is 17.4 Å². The Morgan fingerprint density at radius 3 is 2.78 bits per heavy atom. The van der Waals surface area contributed by atoms with Crippen LogP contribution in [0.15, 0.2) is 18.2 Å².